The second-order valence-electron chi connectivity index (χ2n) is 6.40. The van der Waals surface area contributed by atoms with Gasteiger partial charge in [-0.2, -0.15) is 0 Å². The van der Waals surface area contributed by atoms with Crippen LogP contribution in [0, 0.1) is 13.8 Å². The predicted octanol–water partition coefficient (Wildman–Crippen LogP) is 4.28. The number of rotatable bonds is 4. The fourth-order valence-corrected chi connectivity index (χ4v) is 2.93. The van der Waals surface area contributed by atoms with Gasteiger partial charge in [-0.3, -0.25) is 9.59 Å². The molecule has 4 heteroatoms. The SMILES string of the molecule is CCCn1c(C(=O)Nc2ccc(C)cc2)cc2ccc(C)cc2c1=O. The van der Waals surface area contributed by atoms with Crippen LogP contribution in [0.2, 0.25) is 0 Å². The van der Waals surface area contributed by atoms with Crippen LogP contribution in [0.25, 0.3) is 10.8 Å². The van der Waals surface area contributed by atoms with E-state index in [1.807, 2.05) is 63.2 Å². The second-order valence-corrected chi connectivity index (χ2v) is 6.40. The molecule has 0 radical (unpaired) electrons. The Kier molecular flexibility index (Phi) is 4.70. The van der Waals surface area contributed by atoms with Crippen molar-refractivity contribution in [2.24, 2.45) is 0 Å². The van der Waals surface area contributed by atoms with Crippen molar-refractivity contribution >= 4 is 22.4 Å². The van der Waals surface area contributed by atoms with Gasteiger partial charge in [0.1, 0.15) is 5.69 Å². The molecule has 3 aromatic rings. The Bertz CT molecular complexity index is 985. The Hall–Kier alpha value is -2.88. The maximum absolute atomic E-state index is 12.9. The quantitative estimate of drug-likeness (QED) is 0.774. The zero-order valence-electron chi connectivity index (χ0n) is 14.8. The molecular weight excluding hydrogens is 312 g/mol. The van der Waals surface area contributed by atoms with Crippen molar-refractivity contribution < 1.29 is 4.79 Å². The van der Waals surface area contributed by atoms with Crippen molar-refractivity contribution in [3.63, 3.8) is 0 Å². The molecule has 0 atom stereocenters. The number of nitrogens with one attached hydrogen (secondary N) is 1. The molecule has 0 saturated carbocycles. The van der Waals surface area contributed by atoms with Crippen LogP contribution in [0.3, 0.4) is 0 Å². The van der Waals surface area contributed by atoms with Crippen LogP contribution < -0.4 is 10.9 Å². The van der Waals surface area contributed by atoms with Gasteiger partial charge in [-0.1, -0.05) is 42.3 Å². The summed E-state index contributed by atoms with van der Waals surface area (Å²) < 4.78 is 1.57. The van der Waals surface area contributed by atoms with Crippen molar-refractivity contribution in [2.75, 3.05) is 5.32 Å². The van der Waals surface area contributed by atoms with Crippen molar-refractivity contribution in [3.05, 3.63) is 75.7 Å². The van der Waals surface area contributed by atoms with E-state index < -0.39 is 0 Å². The summed E-state index contributed by atoms with van der Waals surface area (Å²) >= 11 is 0. The number of hydrogen-bond donors (Lipinski definition) is 1. The molecule has 1 amide bonds. The van der Waals surface area contributed by atoms with Crippen molar-refractivity contribution in [1.82, 2.24) is 4.57 Å². The summed E-state index contributed by atoms with van der Waals surface area (Å²) in [6.45, 7) is 6.46. The summed E-state index contributed by atoms with van der Waals surface area (Å²) in [5.41, 5.74) is 3.16. The second kappa shape index (κ2) is 6.93. The number of aromatic nitrogens is 1. The third-order valence-electron chi connectivity index (χ3n) is 4.26. The Labute approximate surface area is 147 Å². The molecule has 0 fully saturated rings. The van der Waals surface area contributed by atoms with Gasteiger partial charge < -0.3 is 9.88 Å². The zero-order chi connectivity index (χ0) is 18.0. The highest BCUT2D eigenvalue weighted by molar-refractivity contribution is 6.05. The van der Waals surface area contributed by atoms with Gasteiger partial charge >= 0.3 is 0 Å². The largest absolute Gasteiger partial charge is 0.321 e. The van der Waals surface area contributed by atoms with Crippen LogP contribution in [-0.4, -0.2) is 10.5 Å². The first kappa shape index (κ1) is 17.0. The number of hydrogen-bond acceptors (Lipinski definition) is 2. The number of benzene rings is 2. The molecule has 0 aliphatic rings. The van der Waals surface area contributed by atoms with E-state index in [2.05, 4.69) is 5.32 Å². The third-order valence-corrected chi connectivity index (χ3v) is 4.26. The lowest BCUT2D eigenvalue weighted by molar-refractivity contribution is 0.101. The summed E-state index contributed by atoms with van der Waals surface area (Å²) in [7, 11) is 0. The molecule has 0 spiro atoms. The molecule has 4 nitrogen and oxygen atoms in total. The zero-order valence-corrected chi connectivity index (χ0v) is 14.8. The van der Waals surface area contributed by atoms with Crippen LogP contribution in [0.5, 0.6) is 0 Å². The summed E-state index contributed by atoms with van der Waals surface area (Å²) in [6, 6.07) is 15.1. The van der Waals surface area contributed by atoms with E-state index in [0.717, 1.165) is 28.6 Å². The Morgan fingerprint density at radius 2 is 1.68 bits per heavy atom. The minimum absolute atomic E-state index is 0.114. The lowest BCUT2D eigenvalue weighted by Gasteiger charge is -2.14. The summed E-state index contributed by atoms with van der Waals surface area (Å²) in [6.07, 6.45) is 0.780. The molecule has 2 aromatic carbocycles. The minimum atomic E-state index is -0.267. The van der Waals surface area contributed by atoms with Gasteiger partial charge in [-0.15, -0.1) is 0 Å². The molecular formula is C21H22N2O2. The average molecular weight is 334 g/mol. The van der Waals surface area contributed by atoms with Crippen molar-refractivity contribution in [1.29, 1.82) is 0 Å². The lowest BCUT2D eigenvalue weighted by atomic mass is 10.1. The Balaban J connectivity index is 2.08. The van der Waals surface area contributed by atoms with E-state index in [9.17, 15) is 9.59 Å². The lowest BCUT2D eigenvalue weighted by Crippen LogP contribution is -2.28. The number of nitrogens with zero attached hydrogens (tertiary/aromatic N) is 1. The van der Waals surface area contributed by atoms with Gasteiger partial charge in [-0.05, 0) is 49.9 Å². The molecule has 25 heavy (non-hydrogen) atoms. The number of fused-ring (bicyclic) bond motifs is 1. The summed E-state index contributed by atoms with van der Waals surface area (Å²) in [4.78, 5) is 25.7. The van der Waals surface area contributed by atoms with E-state index in [4.69, 9.17) is 0 Å². The number of anilines is 1. The Morgan fingerprint density at radius 3 is 2.36 bits per heavy atom. The maximum atomic E-state index is 12.9. The predicted molar refractivity (Wildman–Crippen MR) is 102 cm³/mol. The van der Waals surface area contributed by atoms with Crippen LogP contribution in [0.15, 0.2) is 53.3 Å². The van der Waals surface area contributed by atoms with Gasteiger partial charge in [0, 0.05) is 17.6 Å². The number of carbonyl (C=O) groups excluding carboxylic acids is 1. The van der Waals surface area contributed by atoms with E-state index in [1.165, 1.54) is 0 Å². The van der Waals surface area contributed by atoms with E-state index in [1.54, 1.807) is 10.6 Å². The van der Waals surface area contributed by atoms with Gasteiger partial charge in [0.05, 0.1) is 0 Å². The van der Waals surface area contributed by atoms with Gasteiger partial charge in [-0.25, -0.2) is 0 Å². The third kappa shape index (κ3) is 3.48. The van der Waals surface area contributed by atoms with E-state index in [-0.39, 0.29) is 11.5 Å². The molecule has 0 aliphatic heterocycles. The standard InChI is InChI=1S/C21H22N2O2/c1-4-11-23-19(20(24)22-17-9-6-14(2)7-10-17)13-16-8-5-15(3)12-18(16)21(23)25/h5-10,12-13H,4,11H2,1-3H3,(H,22,24). The van der Waals surface area contributed by atoms with Crippen LogP contribution in [0.1, 0.15) is 35.0 Å². The van der Waals surface area contributed by atoms with E-state index >= 15 is 0 Å². The highest BCUT2D eigenvalue weighted by Crippen LogP contribution is 2.17. The normalized spacial score (nSPS) is 10.8. The van der Waals surface area contributed by atoms with Crippen LogP contribution >= 0.6 is 0 Å². The van der Waals surface area contributed by atoms with Gasteiger partial charge in [0.25, 0.3) is 11.5 Å². The highest BCUT2D eigenvalue weighted by atomic mass is 16.2. The number of carbonyl (C=O) groups is 1. The van der Waals surface area contributed by atoms with Crippen molar-refractivity contribution in [3.8, 4) is 0 Å². The van der Waals surface area contributed by atoms with Gasteiger partial charge in [0.15, 0.2) is 0 Å². The molecule has 1 heterocycles. The van der Waals surface area contributed by atoms with Crippen molar-refractivity contribution in [2.45, 2.75) is 33.7 Å². The van der Waals surface area contributed by atoms with Gasteiger partial charge in [0.2, 0.25) is 0 Å². The molecule has 1 N–H and O–H groups in total. The molecule has 3 rings (SSSR count). The molecule has 0 aliphatic carbocycles. The molecule has 0 unspecified atom stereocenters. The Morgan fingerprint density at radius 1 is 1.00 bits per heavy atom. The monoisotopic (exact) mass is 334 g/mol. The topological polar surface area (TPSA) is 51.1 Å². The van der Waals surface area contributed by atoms with E-state index in [0.29, 0.717) is 17.6 Å². The fraction of sp³-hybridized carbons (Fsp3) is 0.238. The number of amides is 1. The highest BCUT2D eigenvalue weighted by Gasteiger charge is 2.15. The summed E-state index contributed by atoms with van der Waals surface area (Å²) in [5.74, 6) is -0.267. The fourth-order valence-electron chi connectivity index (χ4n) is 2.93. The number of pyridine rings is 1. The first-order chi connectivity index (χ1) is 12.0. The molecule has 0 bridgehead atoms. The maximum Gasteiger partial charge on any atom is 0.272 e. The van der Waals surface area contributed by atoms with Crippen LogP contribution in [-0.2, 0) is 6.54 Å². The smallest absolute Gasteiger partial charge is 0.272 e. The minimum Gasteiger partial charge on any atom is -0.321 e. The first-order valence-electron chi connectivity index (χ1n) is 8.52. The summed E-state index contributed by atoms with van der Waals surface area (Å²) in [5, 5.41) is 4.33. The molecule has 0 saturated heterocycles. The first-order valence-corrected chi connectivity index (χ1v) is 8.52. The molecule has 128 valence electrons. The number of aryl methyl sites for hydroxylation is 2. The molecule has 1 aromatic heterocycles. The average Bonchev–Trinajstić information content (AvgIpc) is 2.59. The van der Waals surface area contributed by atoms with Crippen LogP contribution in [0.4, 0.5) is 5.69 Å².